The molecular weight excluding hydrogens is 384 g/mol. The van der Waals surface area contributed by atoms with E-state index in [4.69, 9.17) is 4.74 Å². The second-order valence-corrected chi connectivity index (χ2v) is 8.50. The van der Waals surface area contributed by atoms with E-state index in [1.165, 1.54) is 30.4 Å². The Morgan fingerprint density at radius 3 is 2.26 bits per heavy atom. The van der Waals surface area contributed by atoms with Crippen molar-refractivity contribution in [1.82, 2.24) is 4.90 Å². The summed E-state index contributed by atoms with van der Waals surface area (Å²) >= 11 is 0. The molecule has 3 aromatic carbocycles. The molecule has 1 fully saturated rings. The van der Waals surface area contributed by atoms with Crippen molar-refractivity contribution in [2.24, 2.45) is 0 Å². The zero-order valence-corrected chi connectivity index (χ0v) is 17.7. The van der Waals surface area contributed by atoms with Crippen LogP contribution >= 0.6 is 0 Å². The summed E-state index contributed by atoms with van der Waals surface area (Å²) in [4.78, 5) is 15.4. The van der Waals surface area contributed by atoms with E-state index < -0.39 is 0 Å². The minimum absolute atomic E-state index is 0.101. The molecule has 0 spiro atoms. The molecule has 5 rings (SSSR count). The van der Waals surface area contributed by atoms with Gasteiger partial charge in [-0.25, -0.2) is 0 Å². The summed E-state index contributed by atoms with van der Waals surface area (Å²) in [5, 5.41) is 3.06. The summed E-state index contributed by atoms with van der Waals surface area (Å²) in [6.45, 7) is 2.28. The molecule has 3 aromatic rings. The molecule has 2 aliphatic rings. The van der Waals surface area contributed by atoms with Gasteiger partial charge in [0, 0.05) is 30.4 Å². The van der Waals surface area contributed by atoms with Gasteiger partial charge in [-0.2, -0.15) is 0 Å². The predicted molar refractivity (Wildman–Crippen MR) is 124 cm³/mol. The fourth-order valence-corrected chi connectivity index (χ4v) is 4.44. The van der Waals surface area contributed by atoms with Crippen LogP contribution in [0.4, 0.5) is 5.69 Å². The van der Waals surface area contributed by atoms with E-state index in [1.807, 2.05) is 48.5 Å². The van der Waals surface area contributed by atoms with Gasteiger partial charge in [0.15, 0.2) is 0 Å². The Bertz CT molecular complexity index is 1040. The molecule has 0 radical (unpaired) electrons. The van der Waals surface area contributed by atoms with Gasteiger partial charge in [0.25, 0.3) is 5.91 Å². The number of amides is 1. The second kappa shape index (κ2) is 8.94. The highest BCUT2D eigenvalue weighted by molar-refractivity contribution is 6.04. The topological polar surface area (TPSA) is 41.6 Å². The Labute approximate surface area is 183 Å². The molecule has 1 heterocycles. The van der Waals surface area contributed by atoms with Crippen LogP contribution in [0, 0.1) is 0 Å². The first kappa shape index (κ1) is 19.8. The number of hydrogen-bond acceptors (Lipinski definition) is 3. The van der Waals surface area contributed by atoms with Crippen molar-refractivity contribution in [2.45, 2.75) is 38.1 Å². The number of carbonyl (C=O) groups is 1. The van der Waals surface area contributed by atoms with Crippen LogP contribution in [0.5, 0.6) is 11.5 Å². The van der Waals surface area contributed by atoms with Gasteiger partial charge in [0.2, 0.25) is 0 Å². The summed E-state index contributed by atoms with van der Waals surface area (Å²) in [6, 6.07) is 24.1. The summed E-state index contributed by atoms with van der Waals surface area (Å²) in [5.74, 6) is 1.39. The van der Waals surface area contributed by atoms with Crippen LogP contribution in [0.3, 0.4) is 0 Å². The van der Waals surface area contributed by atoms with Crippen molar-refractivity contribution >= 4 is 11.6 Å². The molecule has 4 heteroatoms. The molecule has 0 unspecified atom stereocenters. The minimum Gasteiger partial charge on any atom is -0.457 e. The number of hydrogen-bond donors (Lipinski definition) is 1. The van der Waals surface area contributed by atoms with Crippen molar-refractivity contribution in [3.8, 4) is 11.5 Å². The molecule has 0 atom stereocenters. The number of fused-ring (bicyclic) bond motifs is 1. The molecule has 1 aliphatic carbocycles. The van der Waals surface area contributed by atoms with Crippen molar-refractivity contribution in [2.75, 3.05) is 18.4 Å². The standard InChI is InChI=1S/C27H28N2O2/c30-27(21-10-13-26(14-11-21)31-25-7-2-1-3-8-25)28-23-12-9-20-15-17-29(24-5-4-6-24)18-16-22(20)19-23/h1-3,7-14,19,24H,4-6,15-18H2,(H,28,30). The number of benzene rings is 3. The average Bonchev–Trinajstić information content (AvgIpc) is 2.96. The molecule has 1 amide bonds. The minimum atomic E-state index is -0.101. The highest BCUT2D eigenvalue weighted by Gasteiger charge is 2.26. The Morgan fingerprint density at radius 2 is 1.55 bits per heavy atom. The maximum Gasteiger partial charge on any atom is 0.255 e. The van der Waals surface area contributed by atoms with Crippen LogP contribution in [0.15, 0.2) is 72.8 Å². The highest BCUT2D eigenvalue weighted by Crippen LogP contribution is 2.28. The third-order valence-electron chi connectivity index (χ3n) is 6.49. The zero-order valence-electron chi connectivity index (χ0n) is 17.7. The number of rotatable bonds is 5. The van der Waals surface area contributed by atoms with Crippen LogP contribution in [-0.2, 0) is 12.8 Å². The largest absolute Gasteiger partial charge is 0.457 e. The summed E-state index contributed by atoms with van der Waals surface area (Å²) in [5.41, 5.74) is 4.27. The molecule has 0 aromatic heterocycles. The fraction of sp³-hybridized carbons (Fsp3) is 0.296. The van der Waals surface area contributed by atoms with Crippen molar-refractivity contribution in [3.05, 3.63) is 89.5 Å². The summed E-state index contributed by atoms with van der Waals surface area (Å²) in [6.07, 6.45) is 6.24. The fourth-order valence-electron chi connectivity index (χ4n) is 4.44. The van der Waals surface area contributed by atoms with Gasteiger partial charge in [-0.1, -0.05) is 30.7 Å². The molecule has 1 N–H and O–H groups in total. The molecular formula is C27H28N2O2. The predicted octanol–water partition coefficient (Wildman–Crippen LogP) is 5.68. The normalized spacial score (nSPS) is 16.6. The maximum atomic E-state index is 12.7. The quantitative estimate of drug-likeness (QED) is 0.586. The Hall–Kier alpha value is -3.11. The van der Waals surface area contributed by atoms with Crippen molar-refractivity contribution < 1.29 is 9.53 Å². The van der Waals surface area contributed by atoms with Crippen LogP contribution in [0.25, 0.3) is 0 Å². The van der Waals surface area contributed by atoms with Crippen molar-refractivity contribution in [3.63, 3.8) is 0 Å². The zero-order chi connectivity index (χ0) is 21.0. The van der Waals surface area contributed by atoms with E-state index in [9.17, 15) is 4.79 Å². The lowest BCUT2D eigenvalue weighted by atomic mass is 9.91. The number of anilines is 1. The Kier molecular flexibility index (Phi) is 5.72. The highest BCUT2D eigenvalue weighted by atomic mass is 16.5. The number of carbonyl (C=O) groups excluding carboxylic acids is 1. The SMILES string of the molecule is O=C(Nc1ccc2c(c1)CCN(C1CCC1)CC2)c1ccc(Oc2ccccc2)cc1. The lowest BCUT2D eigenvalue weighted by Crippen LogP contribution is -2.41. The molecule has 31 heavy (non-hydrogen) atoms. The van der Waals surface area contributed by atoms with Crippen LogP contribution in [0.2, 0.25) is 0 Å². The first-order chi connectivity index (χ1) is 15.2. The van der Waals surface area contributed by atoms with Crippen LogP contribution in [0.1, 0.15) is 40.7 Å². The van der Waals surface area contributed by atoms with Gasteiger partial charge < -0.3 is 10.1 Å². The smallest absolute Gasteiger partial charge is 0.255 e. The van der Waals surface area contributed by atoms with Gasteiger partial charge in [-0.05, 0) is 85.3 Å². The first-order valence-electron chi connectivity index (χ1n) is 11.2. The molecule has 1 aliphatic heterocycles. The lowest BCUT2D eigenvalue weighted by molar-refractivity contribution is 0.102. The van der Waals surface area contributed by atoms with E-state index >= 15 is 0 Å². The van der Waals surface area contributed by atoms with Crippen LogP contribution in [-0.4, -0.2) is 29.9 Å². The molecule has 158 valence electrons. The van der Waals surface area contributed by atoms with Gasteiger partial charge in [0.05, 0.1) is 0 Å². The second-order valence-electron chi connectivity index (χ2n) is 8.50. The van der Waals surface area contributed by atoms with Gasteiger partial charge >= 0.3 is 0 Å². The lowest BCUT2D eigenvalue weighted by Gasteiger charge is -2.36. The molecule has 4 nitrogen and oxygen atoms in total. The Balaban J connectivity index is 1.22. The molecule has 0 saturated heterocycles. The van der Waals surface area contributed by atoms with Gasteiger partial charge in [-0.15, -0.1) is 0 Å². The van der Waals surface area contributed by atoms with Crippen LogP contribution < -0.4 is 10.1 Å². The molecule has 0 bridgehead atoms. The van der Waals surface area contributed by atoms with Gasteiger partial charge in [0.1, 0.15) is 11.5 Å². The number of nitrogens with one attached hydrogen (secondary N) is 1. The Morgan fingerprint density at radius 1 is 0.839 bits per heavy atom. The average molecular weight is 413 g/mol. The van der Waals surface area contributed by atoms with E-state index in [0.717, 1.165) is 43.4 Å². The monoisotopic (exact) mass is 412 g/mol. The third-order valence-corrected chi connectivity index (χ3v) is 6.49. The van der Waals surface area contributed by atoms with E-state index in [0.29, 0.717) is 11.3 Å². The summed E-state index contributed by atoms with van der Waals surface area (Å²) < 4.78 is 5.81. The maximum absolute atomic E-state index is 12.7. The van der Waals surface area contributed by atoms with Gasteiger partial charge in [-0.3, -0.25) is 9.69 Å². The number of para-hydroxylation sites is 1. The number of nitrogens with zero attached hydrogens (tertiary/aromatic N) is 1. The third kappa shape index (κ3) is 4.64. The molecule has 1 saturated carbocycles. The van der Waals surface area contributed by atoms with E-state index in [2.05, 4.69) is 22.3 Å². The summed E-state index contributed by atoms with van der Waals surface area (Å²) in [7, 11) is 0. The van der Waals surface area contributed by atoms with E-state index in [1.54, 1.807) is 12.1 Å². The van der Waals surface area contributed by atoms with E-state index in [-0.39, 0.29) is 5.91 Å². The van der Waals surface area contributed by atoms with Crippen molar-refractivity contribution in [1.29, 1.82) is 0 Å². The number of ether oxygens (including phenoxy) is 1. The first-order valence-corrected chi connectivity index (χ1v) is 11.2.